The van der Waals surface area contributed by atoms with Gasteiger partial charge in [0.2, 0.25) is 0 Å². The third kappa shape index (κ3) is 3.98. The average molecular weight is 477 g/mol. The van der Waals surface area contributed by atoms with E-state index < -0.39 is 0 Å². The summed E-state index contributed by atoms with van der Waals surface area (Å²) < 4.78 is 0. The Morgan fingerprint density at radius 1 is 1.11 bits per heavy atom. The fourth-order valence-corrected chi connectivity index (χ4v) is 5.92. The number of fused-ring (bicyclic) bond motifs is 3. The predicted octanol–water partition coefficient (Wildman–Crippen LogP) is 3.75. The summed E-state index contributed by atoms with van der Waals surface area (Å²) in [4.78, 5) is 18.4. The van der Waals surface area contributed by atoms with Crippen molar-refractivity contribution in [3.05, 3.63) is 42.1 Å². The molecule has 2 fully saturated rings. The van der Waals surface area contributed by atoms with Crippen molar-refractivity contribution in [1.82, 2.24) is 25.6 Å². The number of hydrogen-bond donors (Lipinski definition) is 3. The van der Waals surface area contributed by atoms with Crippen molar-refractivity contribution >= 4 is 22.6 Å². The number of carbonyl (C=O) groups excluding carboxylic acids is 1. The molecule has 2 bridgehead atoms. The second-order valence-corrected chi connectivity index (χ2v) is 10.4. The highest BCUT2D eigenvalue weighted by atomic mass is 16.5. The van der Waals surface area contributed by atoms with Gasteiger partial charge in [0, 0.05) is 48.2 Å². The summed E-state index contributed by atoms with van der Waals surface area (Å²) in [5.74, 6) is 0.503. The van der Waals surface area contributed by atoms with Crippen LogP contribution in [0.15, 0.2) is 36.4 Å². The number of nitrogens with one attached hydrogen (secondary N) is 1. The van der Waals surface area contributed by atoms with Crippen molar-refractivity contribution in [3.63, 3.8) is 0 Å². The van der Waals surface area contributed by atoms with E-state index in [9.17, 15) is 15.1 Å². The molecule has 3 atom stereocenters. The van der Waals surface area contributed by atoms with Gasteiger partial charge in [0.05, 0.1) is 11.2 Å². The van der Waals surface area contributed by atoms with Crippen molar-refractivity contribution in [3.8, 4) is 17.0 Å². The minimum atomic E-state index is -0.280. The number of hydrogen-bond acceptors (Lipinski definition) is 8. The minimum absolute atomic E-state index is 0.0263. The van der Waals surface area contributed by atoms with Crippen LogP contribution in [0.1, 0.15) is 56.4 Å². The molecule has 2 aliphatic rings. The molecule has 1 amide bonds. The zero-order chi connectivity index (χ0) is 25.0. The lowest BCUT2D eigenvalue weighted by Crippen LogP contribution is -2.67. The van der Waals surface area contributed by atoms with Crippen LogP contribution in [-0.4, -0.2) is 67.7 Å². The molecular formula is C26H32N6O3. The Morgan fingerprint density at radius 3 is 2.46 bits per heavy atom. The van der Waals surface area contributed by atoms with Crippen LogP contribution in [0.2, 0.25) is 0 Å². The molecule has 9 heteroatoms. The molecule has 1 aromatic carbocycles. The summed E-state index contributed by atoms with van der Waals surface area (Å²) in [6, 6.07) is 10.8. The second kappa shape index (κ2) is 8.42. The first-order chi connectivity index (χ1) is 16.6. The van der Waals surface area contributed by atoms with Gasteiger partial charge >= 0.3 is 0 Å². The molecule has 2 aromatic heterocycles. The van der Waals surface area contributed by atoms with Gasteiger partial charge < -0.3 is 20.5 Å². The van der Waals surface area contributed by atoms with Crippen LogP contribution >= 0.6 is 0 Å². The molecule has 0 radical (unpaired) electrons. The maximum absolute atomic E-state index is 11.9. The largest absolute Gasteiger partial charge is 0.507 e. The minimum Gasteiger partial charge on any atom is -0.507 e. The number of benzene rings is 1. The summed E-state index contributed by atoms with van der Waals surface area (Å²) in [6.07, 6.45) is 4.81. The molecule has 1 unspecified atom stereocenters. The Labute approximate surface area is 204 Å². The van der Waals surface area contributed by atoms with Gasteiger partial charge in [0.1, 0.15) is 11.4 Å². The topological polar surface area (TPSA) is 115 Å². The molecule has 0 spiro atoms. The number of phenols is 1. The zero-order valence-electron chi connectivity index (χ0n) is 20.6. The summed E-state index contributed by atoms with van der Waals surface area (Å²) in [5, 5.41) is 35.3. The standard InChI is InChI=1S/C26H32N6O3/c1-25-10-5-11-26(2,32(25)35)15-17(14-25)31(4)23-9-8-19(29-30-23)18-12-16-6-7-20(24(34)27-3)28-21(16)13-22(18)33/h6-9,12-13,17,33,35H,5,10-11,14-15H2,1-4H3,(H,27,34)/t17?,25-,26+. The highest BCUT2D eigenvalue weighted by Crippen LogP contribution is 2.48. The van der Waals surface area contributed by atoms with Gasteiger partial charge in [-0.3, -0.25) is 4.79 Å². The molecule has 2 saturated heterocycles. The highest BCUT2D eigenvalue weighted by Gasteiger charge is 2.53. The molecule has 9 nitrogen and oxygen atoms in total. The fraction of sp³-hybridized carbons (Fsp3) is 0.462. The molecule has 4 heterocycles. The van der Waals surface area contributed by atoms with Gasteiger partial charge in [0.25, 0.3) is 5.91 Å². The maximum Gasteiger partial charge on any atom is 0.269 e. The lowest BCUT2D eigenvalue weighted by molar-refractivity contribution is -0.273. The zero-order valence-corrected chi connectivity index (χ0v) is 20.6. The van der Waals surface area contributed by atoms with Crippen LogP contribution in [0, 0.1) is 0 Å². The quantitative estimate of drug-likeness (QED) is 0.522. The van der Waals surface area contributed by atoms with E-state index >= 15 is 0 Å². The lowest BCUT2D eigenvalue weighted by Gasteiger charge is -2.59. The first-order valence-corrected chi connectivity index (χ1v) is 12.1. The van der Waals surface area contributed by atoms with Gasteiger partial charge in [-0.25, -0.2) is 4.98 Å². The van der Waals surface area contributed by atoms with Crippen molar-refractivity contribution in [2.75, 3.05) is 19.0 Å². The van der Waals surface area contributed by atoms with Gasteiger partial charge in [-0.05, 0) is 70.2 Å². The number of carbonyl (C=O) groups is 1. The van der Waals surface area contributed by atoms with E-state index in [1.807, 2.05) is 19.2 Å². The van der Waals surface area contributed by atoms with Gasteiger partial charge in [-0.2, -0.15) is 5.06 Å². The number of hydroxylamine groups is 2. The third-order valence-corrected chi connectivity index (χ3v) is 7.91. The number of nitrogens with zero attached hydrogens (tertiary/aromatic N) is 5. The number of piperidine rings is 2. The molecule has 184 valence electrons. The molecule has 0 saturated carbocycles. The Hall–Kier alpha value is -3.30. The maximum atomic E-state index is 11.9. The number of rotatable bonds is 4. The number of aromatic hydroxyl groups is 1. The Kier molecular flexibility index (Phi) is 5.64. The van der Waals surface area contributed by atoms with E-state index in [1.54, 1.807) is 36.4 Å². The molecule has 35 heavy (non-hydrogen) atoms. The average Bonchev–Trinajstić information content (AvgIpc) is 2.84. The predicted molar refractivity (Wildman–Crippen MR) is 134 cm³/mol. The molecular weight excluding hydrogens is 444 g/mol. The van der Waals surface area contributed by atoms with Crippen molar-refractivity contribution < 1.29 is 15.1 Å². The Bertz CT molecular complexity index is 1260. The molecule has 0 aliphatic carbocycles. The third-order valence-electron chi connectivity index (χ3n) is 7.91. The van der Waals surface area contributed by atoms with Crippen LogP contribution < -0.4 is 10.2 Å². The smallest absolute Gasteiger partial charge is 0.269 e. The van der Waals surface area contributed by atoms with E-state index in [-0.39, 0.29) is 28.8 Å². The van der Waals surface area contributed by atoms with E-state index in [1.165, 1.54) is 0 Å². The first-order valence-electron chi connectivity index (χ1n) is 12.1. The van der Waals surface area contributed by atoms with Crippen LogP contribution in [0.3, 0.4) is 0 Å². The van der Waals surface area contributed by atoms with Gasteiger partial charge in [0.15, 0.2) is 5.82 Å². The molecule has 3 N–H and O–H groups in total. The van der Waals surface area contributed by atoms with Crippen LogP contribution in [0.25, 0.3) is 22.2 Å². The van der Waals surface area contributed by atoms with Gasteiger partial charge in [-0.15, -0.1) is 10.2 Å². The number of pyridine rings is 1. The van der Waals surface area contributed by atoms with Crippen LogP contribution in [0.4, 0.5) is 5.82 Å². The van der Waals surface area contributed by atoms with E-state index in [2.05, 4.69) is 39.2 Å². The normalized spacial score (nSPS) is 26.5. The SMILES string of the molecule is CNC(=O)c1ccc2cc(-c3ccc(N(C)C4C[C@]5(C)CCC[C@](C)(C4)N5O)nn3)c(O)cc2n1. The fourth-order valence-electron chi connectivity index (χ4n) is 5.92. The molecule has 5 rings (SSSR count). The number of anilines is 1. The van der Waals surface area contributed by atoms with Crippen molar-refractivity contribution in [2.45, 2.75) is 63.1 Å². The van der Waals surface area contributed by atoms with Gasteiger partial charge in [-0.1, -0.05) is 6.07 Å². The Morgan fingerprint density at radius 2 is 1.83 bits per heavy atom. The summed E-state index contributed by atoms with van der Waals surface area (Å²) in [6.45, 7) is 4.29. The second-order valence-electron chi connectivity index (χ2n) is 10.4. The lowest BCUT2D eigenvalue weighted by atomic mass is 9.68. The highest BCUT2D eigenvalue weighted by molar-refractivity contribution is 5.96. The summed E-state index contributed by atoms with van der Waals surface area (Å²) in [7, 11) is 3.59. The molecule has 2 aliphatic heterocycles. The van der Waals surface area contributed by atoms with Crippen LogP contribution in [0.5, 0.6) is 5.75 Å². The number of aromatic nitrogens is 3. The van der Waals surface area contributed by atoms with E-state index in [0.717, 1.165) is 43.3 Å². The van der Waals surface area contributed by atoms with Crippen LogP contribution in [-0.2, 0) is 0 Å². The number of phenolic OH excluding ortho intramolecular Hbond substituents is 1. The van der Waals surface area contributed by atoms with E-state index in [0.29, 0.717) is 22.5 Å². The van der Waals surface area contributed by atoms with Crippen molar-refractivity contribution in [2.24, 2.45) is 0 Å². The first kappa shape index (κ1) is 23.4. The Balaban J connectivity index is 1.40. The number of amides is 1. The summed E-state index contributed by atoms with van der Waals surface area (Å²) in [5.41, 5.74) is 1.45. The monoisotopic (exact) mass is 476 g/mol. The molecule has 3 aromatic rings. The summed E-state index contributed by atoms with van der Waals surface area (Å²) >= 11 is 0. The van der Waals surface area contributed by atoms with Crippen molar-refractivity contribution in [1.29, 1.82) is 0 Å². The van der Waals surface area contributed by atoms with E-state index in [4.69, 9.17) is 0 Å².